The zero-order chi connectivity index (χ0) is 20.4. The summed E-state index contributed by atoms with van der Waals surface area (Å²) in [7, 11) is 0. The first kappa shape index (κ1) is 19.9. The number of nitrogens with two attached hydrogens (primary N) is 1. The maximum Gasteiger partial charge on any atom is 0.240 e. The predicted molar refractivity (Wildman–Crippen MR) is 110 cm³/mol. The fourth-order valence-electron chi connectivity index (χ4n) is 6.20. The van der Waals surface area contributed by atoms with Gasteiger partial charge >= 0.3 is 0 Å². The quantitative estimate of drug-likeness (QED) is 0.625. The van der Waals surface area contributed by atoms with Gasteiger partial charge in [-0.25, -0.2) is 0 Å². The Kier molecular flexibility index (Phi) is 5.61. The summed E-state index contributed by atoms with van der Waals surface area (Å²) in [5.74, 6) is 1.44. The topological polar surface area (TPSA) is 101 Å². The number of carbonyl (C=O) groups is 3. The molecule has 3 amide bonds. The Labute approximate surface area is 172 Å². The van der Waals surface area contributed by atoms with Gasteiger partial charge in [0.25, 0.3) is 0 Å². The van der Waals surface area contributed by atoms with Gasteiger partial charge in [0.05, 0.1) is 0 Å². The van der Waals surface area contributed by atoms with Crippen LogP contribution in [-0.2, 0) is 20.8 Å². The zero-order valence-corrected chi connectivity index (χ0v) is 16.9. The Hall–Kier alpha value is -2.37. The molecule has 4 saturated carbocycles. The van der Waals surface area contributed by atoms with E-state index < -0.39 is 11.9 Å². The third kappa shape index (κ3) is 4.46. The summed E-state index contributed by atoms with van der Waals surface area (Å²) in [6, 6.07) is 8.71. The van der Waals surface area contributed by atoms with Gasteiger partial charge in [-0.1, -0.05) is 30.3 Å². The standard InChI is InChI=1S/C23H31N3O3/c24-21(28)19(11-15-4-2-1-3-5-15)26-20(27)6-7-25-22(29)23-12-16-8-17(13-23)10-18(9-16)14-23/h1-5,16-19H,6-14H2,(H2,24,28)(H,25,29)(H,26,27). The second-order valence-electron chi connectivity index (χ2n) is 9.42. The molecule has 156 valence electrons. The Morgan fingerprint density at radius 2 is 1.59 bits per heavy atom. The van der Waals surface area contributed by atoms with E-state index in [0.717, 1.165) is 24.8 Å². The fourth-order valence-corrected chi connectivity index (χ4v) is 6.20. The SMILES string of the molecule is NC(=O)C(Cc1ccccc1)NC(=O)CCNC(=O)C12CC3CC(CC(C3)C1)C2. The minimum Gasteiger partial charge on any atom is -0.368 e. The molecule has 0 aliphatic heterocycles. The van der Waals surface area contributed by atoms with E-state index in [1.807, 2.05) is 30.3 Å². The van der Waals surface area contributed by atoms with E-state index in [1.165, 1.54) is 19.3 Å². The molecule has 29 heavy (non-hydrogen) atoms. The van der Waals surface area contributed by atoms with Gasteiger partial charge in [-0.15, -0.1) is 0 Å². The van der Waals surface area contributed by atoms with Gasteiger partial charge in [-0.05, 0) is 61.8 Å². The molecule has 6 nitrogen and oxygen atoms in total. The molecule has 5 rings (SSSR count). The van der Waals surface area contributed by atoms with Crippen LogP contribution in [0, 0.1) is 23.2 Å². The summed E-state index contributed by atoms with van der Waals surface area (Å²) < 4.78 is 0. The van der Waals surface area contributed by atoms with Crippen molar-refractivity contribution in [1.82, 2.24) is 10.6 Å². The van der Waals surface area contributed by atoms with Gasteiger partial charge in [-0.3, -0.25) is 14.4 Å². The van der Waals surface area contributed by atoms with Gasteiger partial charge in [0.2, 0.25) is 17.7 Å². The highest BCUT2D eigenvalue weighted by atomic mass is 16.2. The molecule has 0 radical (unpaired) electrons. The van der Waals surface area contributed by atoms with Crippen LogP contribution in [0.1, 0.15) is 50.5 Å². The van der Waals surface area contributed by atoms with Crippen LogP contribution in [0.3, 0.4) is 0 Å². The number of hydrogen-bond donors (Lipinski definition) is 3. The minimum absolute atomic E-state index is 0.125. The highest BCUT2D eigenvalue weighted by Crippen LogP contribution is 2.60. The smallest absolute Gasteiger partial charge is 0.240 e. The van der Waals surface area contributed by atoms with Crippen molar-refractivity contribution in [1.29, 1.82) is 0 Å². The number of benzene rings is 1. The van der Waals surface area contributed by atoms with Crippen molar-refractivity contribution >= 4 is 17.7 Å². The molecule has 1 unspecified atom stereocenters. The molecule has 0 aromatic heterocycles. The van der Waals surface area contributed by atoms with Crippen LogP contribution < -0.4 is 16.4 Å². The van der Waals surface area contributed by atoms with Crippen LogP contribution in [0.4, 0.5) is 0 Å². The van der Waals surface area contributed by atoms with E-state index >= 15 is 0 Å². The van der Waals surface area contributed by atoms with Crippen LogP contribution in [0.2, 0.25) is 0 Å². The molecule has 1 aromatic rings. The van der Waals surface area contributed by atoms with Crippen molar-refractivity contribution < 1.29 is 14.4 Å². The predicted octanol–water partition coefficient (Wildman–Crippen LogP) is 1.92. The van der Waals surface area contributed by atoms with E-state index in [2.05, 4.69) is 10.6 Å². The van der Waals surface area contributed by atoms with Crippen molar-refractivity contribution in [2.45, 2.75) is 57.4 Å². The first-order valence-corrected chi connectivity index (χ1v) is 10.8. The molecule has 4 aliphatic rings. The Bertz CT molecular complexity index is 742. The van der Waals surface area contributed by atoms with Crippen molar-refractivity contribution in [3.8, 4) is 0 Å². The lowest BCUT2D eigenvalue weighted by Gasteiger charge is -2.55. The van der Waals surface area contributed by atoms with Crippen LogP contribution >= 0.6 is 0 Å². The summed E-state index contributed by atoms with van der Waals surface area (Å²) in [6.07, 6.45) is 7.44. The first-order valence-electron chi connectivity index (χ1n) is 10.8. The normalized spacial score (nSPS) is 30.6. The van der Waals surface area contributed by atoms with E-state index in [9.17, 15) is 14.4 Å². The lowest BCUT2D eigenvalue weighted by atomic mass is 9.49. The Morgan fingerprint density at radius 3 is 2.14 bits per heavy atom. The maximum absolute atomic E-state index is 12.9. The Balaban J connectivity index is 1.25. The third-order valence-corrected chi connectivity index (χ3v) is 7.12. The summed E-state index contributed by atoms with van der Waals surface area (Å²) in [5, 5.41) is 5.72. The third-order valence-electron chi connectivity index (χ3n) is 7.12. The molecular weight excluding hydrogens is 366 g/mol. The van der Waals surface area contributed by atoms with Crippen LogP contribution in [0.25, 0.3) is 0 Å². The average molecular weight is 398 g/mol. The van der Waals surface area contributed by atoms with Gasteiger partial charge in [0.1, 0.15) is 6.04 Å². The molecule has 0 saturated heterocycles. The molecule has 4 fully saturated rings. The van der Waals surface area contributed by atoms with Crippen molar-refractivity contribution in [2.24, 2.45) is 28.9 Å². The molecule has 0 spiro atoms. The van der Waals surface area contributed by atoms with E-state index in [0.29, 0.717) is 30.7 Å². The molecule has 0 heterocycles. The second kappa shape index (κ2) is 8.17. The number of primary amides is 1. The molecule has 6 heteroatoms. The van der Waals surface area contributed by atoms with Crippen LogP contribution in [0.15, 0.2) is 30.3 Å². The Morgan fingerprint density at radius 1 is 1.00 bits per heavy atom. The van der Waals surface area contributed by atoms with Crippen molar-refractivity contribution in [3.63, 3.8) is 0 Å². The molecule has 1 atom stereocenters. The number of nitrogens with one attached hydrogen (secondary N) is 2. The zero-order valence-electron chi connectivity index (χ0n) is 16.9. The molecule has 4 N–H and O–H groups in total. The summed E-state index contributed by atoms with van der Waals surface area (Å²) in [5.41, 5.74) is 6.19. The number of rotatable bonds is 8. The first-order chi connectivity index (χ1) is 13.9. The largest absolute Gasteiger partial charge is 0.368 e. The average Bonchev–Trinajstić information content (AvgIpc) is 2.67. The highest BCUT2D eigenvalue weighted by Gasteiger charge is 2.54. The van der Waals surface area contributed by atoms with Crippen LogP contribution in [0.5, 0.6) is 0 Å². The monoisotopic (exact) mass is 397 g/mol. The van der Waals surface area contributed by atoms with Gasteiger partial charge in [0.15, 0.2) is 0 Å². The van der Waals surface area contributed by atoms with Crippen LogP contribution in [-0.4, -0.2) is 30.3 Å². The van der Waals surface area contributed by atoms with Gasteiger partial charge in [-0.2, -0.15) is 0 Å². The molecule has 4 bridgehead atoms. The number of hydrogen-bond acceptors (Lipinski definition) is 3. The fraction of sp³-hybridized carbons (Fsp3) is 0.609. The van der Waals surface area contributed by atoms with E-state index in [1.54, 1.807) is 0 Å². The summed E-state index contributed by atoms with van der Waals surface area (Å²) in [6.45, 7) is 0.295. The van der Waals surface area contributed by atoms with Gasteiger partial charge in [0, 0.05) is 24.8 Å². The number of carbonyl (C=O) groups excluding carboxylic acids is 3. The molecule has 4 aliphatic carbocycles. The minimum atomic E-state index is -0.747. The lowest BCUT2D eigenvalue weighted by Crippen LogP contribution is -2.54. The summed E-state index contributed by atoms with van der Waals surface area (Å²) >= 11 is 0. The summed E-state index contributed by atoms with van der Waals surface area (Å²) in [4.78, 5) is 37.0. The van der Waals surface area contributed by atoms with Crippen molar-refractivity contribution in [3.05, 3.63) is 35.9 Å². The van der Waals surface area contributed by atoms with Crippen molar-refractivity contribution in [2.75, 3.05) is 6.54 Å². The maximum atomic E-state index is 12.9. The molecule has 1 aromatic carbocycles. The van der Waals surface area contributed by atoms with Gasteiger partial charge < -0.3 is 16.4 Å². The second-order valence-corrected chi connectivity index (χ2v) is 9.42. The highest BCUT2D eigenvalue weighted by molar-refractivity contribution is 5.87. The molecular formula is C23H31N3O3. The van der Waals surface area contributed by atoms with E-state index in [4.69, 9.17) is 5.73 Å². The lowest BCUT2D eigenvalue weighted by molar-refractivity contribution is -0.146. The number of amides is 3. The van der Waals surface area contributed by atoms with E-state index in [-0.39, 0.29) is 23.7 Å².